The Morgan fingerprint density at radius 1 is 1.21 bits per heavy atom. The van der Waals surface area contributed by atoms with Crippen LogP contribution in [0.2, 0.25) is 0 Å². The van der Waals surface area contributed by atoms with Gasteiger partial charge in [-0.2, -0.15) is 0 Å². The Morgan fingerprint density at radius 3 is 2.11 bits per heavy atom. The molecule has 0 unspecified atom stereocenters. The fraction of sp³-hybridized carbons (Fsp3) is 0.167. The first-order valence-electron chi connectivity index (χ1n) is 5.54. The average molecular weight is 262 g/mol. The van der Waals surface area contributed by atoms with Gasteiger partial charge in [0, 0.05) is 0 Å². The highest BCUT2D eigenvalue weighted by Gasteiger charge is 2.38. The van der Waals surface area contributed by atoms with Crippen LogP contribution in [0, 0.1) is 5.53 Å². The molecule has 1 aliphatic heterocycles. The van der Waals surface area contributed by atoms with E-state index in [1.54, 1.807) is 12.1 Å². The number of nitrogens with zero attached hydrogens (tertiary/aromatic N) is 2. The summed E-state index contributed by atoms with van der Waals surface area (Å²) in [5, 5.41) is 0.356. The van der Waals surface area contributed by atoms with Crippen molar-refractivity contribution in [2.24, 2.45) is 0 Å². The zero-order valence-corrected chi connectivity index (χ0v) is 10.4. The fourth-order valence-electron chi connectivity index (χ4n) is 1.42. The van der Waals surface area contributed by atoms with Gasteiger partial charge in [0.2, 0.25) is 0 Å². The van der Waals surface area contributed by atoms with Crippen LogP contribution in [0.15, 0.2) is 24.3 Å². The molecular weight excluding hydrogens is 250 g/mol. The molecule has 0 aromatic heterocycles. The van der Waals surface area contributed by atoms with Crippen LogP contribution < -0.4 is 0 Å². The molecule has 0 aliphatic carbocycles. The van der Waals surface area contributed by atoms with Crippen molar-refractivity contribution >= 4 is 24.0 Å². The molecule has 0 fully saturated rings. The lowest BCUT2D eigenvalue weighted by Crippen LogP contribution is -2.33. The number of hydrogen-bond donors (Lipinski definition) is 1. The van der Waals surface area contributed by atoms with E-state index in [9.17, 15) is 14.4 Å². The van der Waals surface area contributed by atoms with E-state index in [1.807, 2.05) is 13.8 Å². The first-order chi connectivity index (χ1) is 9.15. The SMILES string of the molecule is CC.N=[N+]=CC(=O)ON1C(=O)c2ccccc2C1=O. The molecule has 2 amide bonds. The Hall–Kier alpha value is -2.79. The van der Waals surface area contributed by atoms with Crippen LogP contribution in [0.25, 0.3) is 0 Å². The molecule has 0 bridgehead atoms. The van der Waals surface area contributed by atoms with E-state index in [0.29, 0.717) is 11.3 Å². The number of nitrogens with one attached hydrogen (secondary N) is 1. The van der Waals surface area contributed by atoms with Crippen molar-refractivity contribution < 1.29 is 24.0 Å². The molecule has 0 atom stereocenters. The second-order valence-electron chi connectivity index (χ2n) is 3.12. The van der Waals surface area contributed by atoms with Crippen LogP contribution in [0.1, 0.15) is 34.6 Å². The van der Waals surface area contributed by atoms with E-state index in [-0.39, 0.29) is 11.1 Å². The second-order valence-corrected chi connectivity index (χ2v) is 3.12. The van der Waals surface area contributed by atoms with Crippen molar-refractivity contribution in [3.05, 3.63) is 35.4 Å². The number of hydrogen-bond acceptors (Lipinski definition) is 5. The first-order valence-corrected chi connectivity index (χ1v) is 5.54. The van der Waals surface area contributed by atoms with Crippen LogP contribution in [-0.4, -0.2) is 33.9 Å². The Labute approximate surface area is 109 Å². The first kappa shape index (κ1) is 14.3. The van der Waals surface area contributed by atoms with E-state index in [4.69, 9.17) is 5.53 Å². The molecule has 1 aromatic rings. The Bertz CT molecular complexity index is 541. The summed E-state index contributed by atoms with van der Waals surface area (Å²) in [6.45, 7) is 4.00. The number of carbonyl (C=O) groups is 3. The summed E-state index contributed by atoms with van der Waals surface area (Å²) in [5.41, 5.74) is 6.77. The largest absolute Gasteiger partial charge is 0.442 e. The molecule has 7 heteroatoms. The number of benzene rings is 1. The van der Waals surface area contributed by atoms with Crippen LogP contribution >= 0.6 is 0 Å². The highest BCUT2D eigenvalue weighted by Crippen LogP contribution is 2.22. The third kappa shape index (κ3) is 2.72. The molecule has 19 heavy (non-hydrogen) atoms. The smallest absolute Gasteiger partial charge is 0.318 e. The van der Waals surface area contributed by atoms with Gasteiger partial charge in [0.05, 0.1) is 21.4 Å². The maximum Gasteiger partial charge on any atom is 0.442 e. The summed E-state index contributed by atoms with van der Waals surface area (Å²) >= 11 is 0. The van der Waals surface area contributed by atoms with Crippen molar-refractivity contribution in [2.75, 3.05) is 0 Å². The minimum atomic E-state index is -1.06. The summed E-state index contributed by atoms with van der Waals surface area (Å²) in [6, 6.07) is 6.12. The number of fused-ring (bicyclic) bond motifs is 1. The number of amides is 2. The molecule has 98 valence electrons. The quantitative estimate of drug-likeness (QED) is 0.373. The summed E-state index contributed by atoms with van der Waals surface area (Å²) < 4.78 is 0. The average Bonchev–Trinajstić information content (AvgIpc) is 2.67. The standard InChI is InChI=1S/C10H6N3O4.C2H6/c11-12-5-8(14)17-13-9(15)6-3-1-2-4-7(6)10(13)16;1-2/h1-5,11H;1-2H3/q+1;. The van der Waals surface area contributed by atoms with E-state index >= 15 is 0 Å². The summed E-state index contributed by atoms with van der Waals surface area (Å²) in [7, 11) is 0. The lowest BCUT2D eigenvalue weighted by Gasteiger charge is -2.08. The monoisotopic (exact) mass is 262 g/mol. The topological polar surface area (TPSA) is 102 Å². The number of rotatable bonds is 2. The maximum absolute atomic E-state index is 11.7. The molecule has 1 aromatic carbocycles. The normalized spacial score (nSPS) is 12.0. The predicted octanol–water partition coefficient (Wildman–Crippen LogP) is 1.08. The van der Waals surface area contributed by atoms with Gasteiger partial charge in [-0.1, -0.05) is 31.0 Å². The lowest BCUT2D eigenvalue weighted by molar-refractivity contribution is -0.168. The van der Waals surface area contributed by atoms with Gasteiger partial charge in [-0.05, 0) is 12.1 Å². The molecule has 0 saturated carbocycles. The predicted molar refractivity (Wildman–Crippen MR) is 63.4 cm³/mol. The molecule has 1 heterocycles. The molecule has 7 nitrogen and oxygen atoms in total. The fourth-order valence-corrected chi connectivity index (χ4v) is 1.42. The van der Waals surface area contributed by atoms with E-state index in [2.05, 4.69) is 9.63 Å². The summed E-state index contributed by atoms with van der Waals surface area (Å²) in [4.78, 5) is 41.5. The van der Waals surface area contributed by atoms with E-state index in [1.165, 1.54) is 12.1 Å². The van der Waals surface area contributed by atoms with Crippen LogP contribution in [0.4, 0.5) is 0 Å². The zero-order valence-electron chi connectivity index (χ0n) is 10.4. The third-order valence-electron chi connectivity index (χ3n) is 2.11. The zero-order chi connectivity index (χ0) is 14.4. The lowest BCUT2D eigenvalue weighted by atomic mass is 10.1. The Balaban J connectivity index is 0.000000861. The molecule has 1 aliphatic rings. The van der Waals surface area contributed by atoms with Crippen LogP contribution in [0.5, 0.6) is 0 Å². The van der Waals surface area contributed by atoms with E-state index < -0.39 is 17.8 Å². The van der Waals surface area contributed by atoms with Crippen molar-refractivity contribution in [2.45, 2.75) is 13.8 Å². The van der Waals surface area contributed by atoms with Gasteiger partial charge in [0.15, 0.2) is 0 Å². The highest BCUT2D eigenvalue weighted by atomic mass is 16.7. The van der Waals surface area contributed by atoms with Gasteiger partial charge in [0.1, 0.15) is 0 Å². The van der Waals surface area contributed by atoms with Gasteiger partial charge in [0.25, 0.3) is 11.8 Å². The van der Waals surface area contributed by atoms with Gasteiger partial charge in [-0.3, -0.25) is 9.59 Å². The number of imide groups is 1. The van der Waals surface area contributed by atoms with Gasteiger partial charge in [-0.25, -0.2) is 4.79 Å². The molecule has 0 spiro atoms. The van der Waals surface area contributed by atoms with Gasteiger partial charge >= 0.3 is 12.2 Å². The van der Waals surface area contributed by atoms with Crippen LogP contribution in [-0.2, 0) is 9.63 Å². The van der Waals surface area contributed by atoms with Crippen molar-refractivity contribution in [3.8, 4) is 0 Å². The number of hydroxylamine groups is 2. The molecular formula is C12H12N3O4+. The molecule has 2 rings (SSSR count). The molecule has 1 N–H and O–H groups in total. The van der Waals surface area contributed by atoms with Crippen molar-refractivity contribution in [3.63, 3.8) is 0 Å². The minimum Gasteiger partial charge on any atom is -0.318 e. The number of carbonyl (C=O) groups excluding carboxylic acids is 3. The molecule has 0 saturated heterocycles. The van der Waals surface area contributed by atoms with Crippen LogP contribution in [0.3, 0.4) is 0 Å². The van der Waals surface area contributed by atoms with Gasteiger partial charge < -0.3 is 4.84 Å². The minimum absolute atomic E-state index is 0.174. The van der Waals surface area contributed by atoms with Crippen molar-refractivity contribution in [1.82, 2.24) is 5.06 Å². The maximum atomic E-state index is 11.7. The Kier molecular flexibility index (Phi) is 4.68. The Morgan fingerprint density at radius 2 is 1.68 bits per heavy atom. The highest BCUT2D eigenvalue weighted by molar-refractivity contribution is 6.24. The second kappa shape index (κ2) is 6.23. The van der Waals surface area contributed by atoms with E-state index in [0.717, 1.165) is 0 Å². The van der Waals surface area contributed by atoms with Crippen molar-refractivity contribution in [1.29, 1.82) is 5.53 Å². The molecule has 0 radical (unpaired) electrons. The van der Waals surface area contributed by atoms with Gasteiger partial charge in [-0.15, -0.1) is 0 Å². The summed E-state index contributed by atoms with van der Waals surface area (Å²) in [6.07, 6.45) is 0.545. The third-order valence-corrected chi connectivity index (χ3v) is 2.11. The summed E-state index contributed by atoms with van der Waals surface area (Å²) in [5.74, 6) is -2.48.